The van der Waals surface area contributed by atoms with Gasteiger partial charge in [0.05, 0.1) is 5.56 Å². The van der Waals surface area contributed by atoms with Crippen LogP contribution in [0.25, 0.3) is 0 Å². The van der Waals surface area contributed by atoms with Gasteiger partial charge in [-0.1, -0.05) is 0 Å². The summed E-state index contributed by atoms with van der Waals surface area (Å²) < 4.78 is 27.2. The average Bonchev–Trinajstić information content (AvgIpc) is 3.06. The molecule has 1 atom stereocenters. The van der Waals surface area contributed by atoms with Gasteiger partial charge >= 0.3 is 0 Å². The molecule has 0 radical (unpaired) electrons. The number of benzene rings is 1. The first-order valence-electron chi connectivity index (χ1n) is 7.70. The zero-order chi connectivity index (χ0) is 16.4. The number of hydrogen-bond acceptors (Lipinski definition) is 3. The van der Waals surface area contributed by atoms with Crippen molar-refractivity contribution in [3.63, 3.8) is 0 Å². The lowest BCUT2D eigenvalue weighted by molar-refractivity contribution is -0.134. The second-order valence-electron chi connectivity index (χ2n) is 5.72. The number of amides is 2. The van der Waals surface area contributed by atoms with Crippen molar-refractivity contribution in [3.8, 4) is 0 Å². The Morgan fingerprint density at radius 3 is 2.61 bits per heavy atom. The van der Waals surface area contributed by atoms with E-state index in [0.717, 1.165) is 29.7 Å². The van der Waals surface area contributed by atoms with Crippen molar-refractivity contribution in [1.82, 2.24) is 9.80 Å². The second-order valence-corrected chi connectivity index (χ2v) is 6.94. The molecule has 0 saturated carbocycles. The van der Waals surface area contributed by atoms with Crippen LogP contribution in [0, 0.1) is 11.6 Å². The Balaban J connectivity index is 1.79. The minimum Gasteiger partial charge on any atom is -0.339 e. The number of carbonyl (C=O) groups is 2. The number of nitrogens with zero attached hydrogens (tertiary/aromatic N) is 2. The molecule has 1 aromatic carbocycles. The Labute approximate surface area is 137 Å². The summed E-state index contributed by atoms with van der Waals surface area (Å²) in [5.74, 6) is -0.318. The van der Waals surface area contributed by atoms with Gasteiger partial charge in [-0.3, -0.25) is 9.59 Å². The highest BCUT2D eigenvalue weighted by Crippen LogP contribution is 2.24. The smallest absolute Gasteiger partial charge is 0.257 e. The lowest BCUT2D eigenvalue weighted by atomic mass is 10.1. The largest absolute Gasteiger partial charge is 0.339 e. The molecule has 7 heteroatoms. The van der Waals surface area contributed by atoms with Gasteiger partial charge in [0.15, 0.2) is 0 Å². The number of hydrogen-bond donors (Lipinski definition) is 0. The van der Waals surface area contributed by atoms with E-state index in [1.54, 1.807) is 16.7 Å². The highest BCUT2D eigenvalue weighted by molar-refractivity contribution is 7.99. The SMILES string of the molecule is O=C(C1CCCN1C(=O)c1cc(F)ccc1F)N1CCSCC1. The summed E-state index contributed by atoms with van der Waals surface area (Å²) in [6.45, 7) is 1.75. The third-order valence-electron chi connectivity index (χ3n) is 4.28. The van der Waals surface area contributed by atoms with Crippen LogP contribution in [0.2, 0.25) is 0 Å². The molecule has 4 nitrogen and oxygen atoms in total. The van der Waals surface area contributed by atoms with Gasteiger partial charge in [-0.15, -0.1) is 0 Å². The van der Waals surface area contributed by atoms with Gasteiger partial charge in [-0.25, -0.2) is 8.78 Å². The summed E-state index contributed by atoms with van der Waals surface area (Å²) in [4.78, 5) is 28.4. The third kappa shape index (κ3) is 3.34. The zero-order valence-electron chi connectivity index (χ0n) is 12.6. The highest BCUT2D eigenvalue weighted by Gasteiger charge is 2.37. The minimum absolute atomic E-state index is 0.0760. The van der Waals surface area contributed by atoms with Crippen molar-refractivity contribution in [3.05, 3.63) is 35.4 Å². The van der Waals surface area contributed by atoms with Crippen LogP contribution >= 0.6 is 11.8 Å². The van der Waals surface area contributed by atoms with E-state index in [1.807, 2.05) is 0 Å². The zero-order valence-corrected chi connectivity index (χ0v) is 13.5. The van der Waals surface area contributed by atoms with E-state index < -0.39 is 23.6 Å². The van der Waals surface area contributed by atoms with Crippen LogP contribution < -0.4 is 0 Å². The Bertz CT molecular complexity index is 620. The molecule has 2 heterocycles. The summed E-state index contributed by atoms with van der Waals surface area (Å²) in [5.41, 5.74) is -0.307. The molecular formula is C16H18F2N2O2S. The first-order valence-corrected chi connectivity index (χ1v) is 8.86. The number of rotatable bonds is 2. The highest BCUT2D eigenvalue weighted by atomic mass is 32.2. The van der Waals surface area contributed by atoms with Gasteiger partial charge < -0.3 is 9.80 Å². The molecule has 23 heavy (non-hydrogen) atoms. The van der Waals surface area contributed by atoms with E-state index in [2.05, 4.69) is 0 Å². The van der Waals surface area contributed by atoms with Gasteiger partial charge in [0, 0.05) is 31.1 Å². The van der Waals surface area contributed by atoms with Crippen LogP contribution in [-0.2, 0) is 4.79 Å². The molecule has 0 aliphatic carbocycles. The fourth-order valence-corrected chi connectivity index (χ4v) is 3.98. The van der Waals surface area contributed by atoms with Gasteiger partial charge in [0.2, 0.25) is 5.91 Å². The predicted molar refractivity (Wildman–Crippen MR) is 84.3 cm³/mol. The number of halogens is 2. The van der Waals surface area contributed by atoms with Crippen molar-refractivity contribution in [2.24, 2.45) is 0 Å². The molecule has 3 rings (SSSR count). The van der Waals surface area contributed by atoms with E-state index in [-0.39, 0.29) is 11.5 Å². The lowest BCUT2D eigenvalue weighted by Gasteiger charge is -2.32. The molecule has 0 bridgehead atoms. The molecule has 0 N–H and O–H groups in total. The Morgan fingerprint density at radius 2 is 1.87 bits per heavy atom. The molecule has 0 aromatic heterocycles. The van der Waals surface area contributed by atoms with Crippen molar-refractivity contribution in [1.29, 1.82) is 0 Å². The minimum atomic E-state index is -0.760. The molecule has 2 fully saturated rings. The normalized spacial score (nSPS) is 21.6. The summed E-state index contributed by atoms with van der Waals surface area (Å²) in [7, 11) is 0. The number of likely N-dealkylation sites (tertiary alicyclic amines) is 1. The summed E-state index contributed by atoms with van der Waals surface area (Å²) in [5, 5.41) is 0. The van der Waals surface area contributed by atoms with Crippen molar-refractivity contribution in [2.45, 2.75) is 18.9 Å². The quantitative estimate of drug-likeness (QED) is 0.828. The molecule has 2 aliphatic rings. The summed E-state index contributed by atoms with van der Waals surface area (Å²) >= 11 is 1.80. The van der Waals surface area contributed by atoms with E-state index in [0.29, 0.717) is 32.5 Å². The predicted octanol–water partition coefficient (Wildman–Crippen LogP) is 2.14. The molecular weight excluding hydrogens is 322 g/mol. The van der Waals surface area contributed by atoms with Crippen LogP contribution in [0.5, 0.6) is 0 Å². The van der Waals surface area contributed by atoms with Gasteiger partial charge in [-0.05, 0) is 31.0 Å². The lowest BCUT2D eigenvalue weighted by Crippen LogP contribution is -2.50. The van der Waals surface area contributed by atoms with Crippen LogP contribution in [0.3, 0.4) is 0 Å². The second kappa shape index (κ2) is 6.86. The van der Waals surface area contributed by atoms with Crippen molar-refractivity contribution >= 4 is 23.6 Å². The average molecular weight is 340 g/mol. The topological polar surface area (TPSA) is 40.6 Å². The maximum absolute atomic E-state index is 13.8. The van der Waals surface area contributed by atoms with Crippen LogP contribution in [-0.4, -0.2) is 58.8 Å². The maximum Gasteiger partial charge on any atom is 0.257 e. The third-order valence-corrected chi connectivity index (χ3v) is 5.22. The van der Waals surface area contributed by atoms with Crippen molar-refractivity contribution in [2.75, 3.05) is 31.1 Å². The van der Waals surface area contributed by atoms with E-state index in [9.17, 15) is 18.4 Å². The van der Waals surface area contributed by atoms with Crippen LogP contribution in [0.4, 0.5) is 8.78 Å². The molecule has 0 spiro atoms. The van der Waals surface area contributed by atoms with Gasteiger partial charge in [-0.2, -0.15) is 11.8 Å². The van der Waals surface area contributed by atoms with E-state index in [4.69, 9.17) is 0 Å². The van der Waals surface area contributed by atoms with Crippen molar-refractivity contribution < 1.29 is 18.4 Å². The van der Waals surface area contributed by atoms with E-state index >= 15 is 0 Å². The number of thioether (sulfide) groups is 1. The summed E-state index contributed by atoms with van der Waals surface area (Å²) in [6.07, 6.45) is 1.27. The first kappa shape index (κ1) is 16.2. The fourth-order valence-electron chi connectivity index (χ4n) is 3.08. The molecule has 2 saturated heterocycles. The summed E-state index contributed by atoms with van der Waals surface area (Å²) in [6, 6.07) is 2.25. The van der Waals surface area contributed by atoms with Gasteiger partial charge in [0.25, 0.3) is 5.91 Å². The van der Waals surface area contributed by atoms with Gasteiger partial charge in [0.1, 0.15) is 17.7 Å². The van der Waals surface area contributed by atoms with Crippen LogP contribution in [0.15, 0.2) is 18.2 Å². The molecule has 124 valence electrons. The molecule has 2 aliphatic heterocycles. The maximum atomic E-state index is 13.8. The van der Waals surface area contributed by atoms with E-state index in [1.165, 1.54) is 4.90 Å². The first-order chi connectivity index (χ1) is 11.1. The standard InChI is InChI=1S/C16H18F2N2O2S/c17-11-3-4-13(18)12(10-11)15(21)20-5-1-2-14(20)16(22)19-6-8-23-9-7-19/h3-4,10,14H,1-2,5-9H2. The fraction of sp³-hybridized carbons (Fsp3) is 0.500. The van der Waals surface area contributed by atoms with Crippen LogP contribution in [0.1, 0.15) is 23.2 Å². The number of carbonyl (C=O) groups excluding carboxylic acids is 2. The molecule has 1 unspecified atom stereocenters. The Morgan fingerprint density at radius 1 is 1.13 bits per heavy atom. The Hall–Kier alpha value is -1.63. The molecule has 1 aromatic rings. The Kier molecular flexibility index (Phi) is 4.84. The molecule has 2 amide bonds. The monoisotopic (exact) mass is 340 g/mol.